The van der Waals surface area contributed by atoms with E-state index in [-0.39, 0.29) is 4.90 Å². The Labute approximate surface area is 461 Å². The normalized spacial score (nSPS) is 20.5. The maximum atomic E-state index is 9.99. The van der Waals surface area contributed by atoms with Crippen LogP contribution in [-0.2, 0) is 0 Å². The second-order valence-corrected chi connectivity index (χ2v) is 13.8. The minimum atomic E-state index is -1.47. The van der Waals surface area contributed by atoms with Crippen molar-refractivity contribution in [1.29, 1.82) is 0 Å². The Morgan fingerprint density at radius 2 is 0.618 bits per heavy atom. The minimum Gasteiger partial charge on any atom is -0.311 e. The highest BCUT2D eigenvalue weighted by molar-refractivity contribution is 6.10. The number of benzene rings is 11. The summed E-state index contributed by atoms with van der Waals surface area (Å²) in [6.07, 6.45) is 0. The SMILES string of the molecule is [2H]c1cc(-c2c([2H])c([2H])c([2H])c(-c3c([2H])c([2H])c([2H])c([2H])c3[2H])c2[2H])c([2H])c([2H])c1N(c1c([2H])c([2H])c(-c2c([2H])c([2H])c(-c3c([2H])c([2H])c([2H])c([2H])c3[2H])c([2H])c2[2H])c([2H])c1[2H])c1c([2H])c([2H])c(-c2c([2H])c([2H])c3c(c2[2H])c2c([2H])c([2H])c([2H])c([2H])c2n3-c2c([2H])c([2H])c([2H])c(-c3c([2H])c([2H])c([2H])c([2H])c3[2H])c2[2H])c([2H])c1[2H]. The number of nitrogens with zero attached hydrogens (tertiary/aromatic N) is 2. The van der Waals surface area contributed by atoms with Gasteiger partial charge in [0.2, 0.25) is 0 Å². The fourth-order valence-corrected chi connectivity index (χ4v) is 6.74. The highest BCUT2D eigenvalue weighted by atomic mass is 15.1. The van der Waals surface area contributed by atoms with E-state index in [1.807, 2.05) is 0 Å². The molecule has 12 rings (SSSR count). The molecule has 0 radical (unpaired) electrons. The number of aromatic nitrogens is 1. The lowest BCUT2D eigenvalue weighted by Crippen LogP contribution is -2.09. The van der Waals surface area contributed by atoms with Crippen LogP contribution in [0.2, 0.25) is 0 Å². The van der Waals surface area contributed by atoms with Gasteiger partial charge in [-0.25, -0.2) is 0 Å². The van der Waals surface area contributed by atoms with Crippen molar-refractivity contribution < 1.29 is 61.7 Å². The molecule has 68 heavy (non-hydrogen) atoms. The number of hydrogen-bond donors (Lipinski definition) is 0. The van der Waals surface area contributed by atoms with Gasteiger partial charge in [0.25, 0.3) is 0 Å². The third kappa shape index (κ3) is 7.85. The molecule has 2 heteroatoms. The van der Waals surface area contributed by atoms with Crippen LogP contribution in [-0.4, -0.2) is 4.57 Å². The minimum absolute atomic E-state index is 0.215. The van der Waals surface area contributed by atoms with Crippen LogP contribution in [0.15, 0.2) is 278 Å². The molecule has 0 atom stereocenters. The van der Waals surface area contributed by atoms with Crippen LogP contribution >= 0.6 is 0 Å². The van der Waals surface area contributed by atoms with Crippen molar-refractivity contribution in [2.75, 3.05) is 4.90 Å². The van der Waals surface area contributed by atoms with Gasteiger partial charge in [0.1, 0.15) is 0 Å². The van der Waals surface area contributed by atoms with Gasteiger partial charge in [-0.15, -0.1) is 0 Å². The number of fused-ring (bicyclic) bond motifs is 3. The van der Waals surface area contributed by atoms with Gasteiger partial charge >= 0.3 is 0 Å². The second-order valence-electron chi connectivity index (χ2n) is 13.8. The van der Waals surface area contributed by atoms with Crippen LogP contribution in [0.3, 0.4) is 0 Å². The molecule has 12 aromatic rings. The van der Waals surface area contributed by atoms with Crippen molar-refractivity contribution in [2.45, 2.75) is 0 Å². The van der Waals surface area contributed by atoms with E-state index in [2.05, 4.69) is 0 Å². The molecule has 0 aliphatic carbocycles. The van der Waals surface area contributed by atoms with E-state index >= 15 is 0 Å². The first-order valence-electron chi connectivity index (χ1n) is 42.2. The zero-order chi connectivity index (χ0) is 84.4. The Hall–Kier alpha value is -8.98. The van der Waals surface area contributed by atoms with Crippen LogP contribution in [0.4, 0.5) is 17.1 Å². The standard InChI is InChI=1S/C66H46N2/c1-4-14-47(15-5-1)50-26-28-51(29-27-50)52-30-37-59(38-31-52)67(60-39-32-53(33-40-60)56-21-12-20-55(44-56)48-16-6-2-7-17-48)61-41-34-54(35-42-61)58-36-43-66-64(46-58)63-24-10-11-25-65(63)68(66)62-23-13-22-57(45-62)49-18-8-3-9-19-49/h1-46H/i1D,2D,3D,4D,5D,6D,7D,8D,9D,10D,11D,12D,13D,14D,15D,16D,17D,18D,19D,20D,21D,22D,23D,24D,25D,26D,27D,28D,29D,30D,31D,32D,34D,35D,36D,37D,38D,39D,40D,41D,42D,43D,44D,45D,46D. The summed E-state index contributed by atoms with van der Waals surface area (Å²) in [4.78, 5) is 0.215. The molecule has 0 spiro atoms. The molecule has 0 amide bonds. The van der Waals surface area contributed by atoms with E-state index in [1.165, 1.54) is 0 Å². The molecule has 0 saturated heterocycles. The second kappa shape index (κ2) is 17.8. The van der Waals surface area contributed by atoms with E-state index in [9.17, 15) is 28.8 Å². The van der Waals surface area contributed by atoms with E-state index in [1.54, 1.807) is 0 Å². The third-order valence-electron chi connectivity index (χ3n) is 9.83. The van der Waals surface area contributed by atoms with Crippen LogP contribution in [0, 0.1) is 0 Å². The molecular formula is C66H46N2. The first-order chi connectivity index (χ1) is 52.5. The smallest absolute Gasteiger partial charge is 0.0651 e. The highest BCUT2D eigenvalue weighted by Crippen LogP contribution is 2.40. The summed E-state index contributed by atoms with van der Waals surface area (Å²) in [5, 5.41) is -1.62. The van der Waals surface area contributed by atoms with Crippen molar-refractivity contribution in [1.82, 2.24) is 4.57 Å². The van der Waals surface area contributed by atoms with E-state index in [0.29, 0.717) is 10.6 Å². The Morgan fingerprint density at radius 3 is 1.21 bits per heavy atom. The van der Waals surface area contributed by atoms with E-state index in [0.717, 1.165) is 0 Å². The van der Waals surface area contributed by atoms with E-state index in [4.69, 9.17) is 32.9 Å². The highest BCUT2D eigenvalue weighted by Gasteiger charge is 2.17. The summed E-state index contributed by atoms with van der Waals surface area (Å²) in [6.45, 7) is 0. The Balaban J connectivity index is 1.18. The lowest BCUT2D eigenvalue weighted by Gasteiger charge is -2.26. The lowest BCUT2D eigenvalue weighted by atomic mass is 9.98. The van der Waals surface area contributed by atoms with Gasteiger partial charge in [-0.2, -0.15) is 0 Å². The zero-order valence-electron chi connectivity index (χ0n) is 79.0. The number of rotatable bonds is 10. The Kier molecular flexibility index (Phi) is 3.93. The summed E-state index contributed by atoms with van der Waals surface area (Å²) in [5.74, 6) is 0. The first-order valence-corrected chi connectivity index (χ1v) is 19.7. The Morgan fingerprint density at radius 1 is 0.250 bits per heavy atom. The average Bonchev–Trinajstić information content (AvgIpc) is 1.58. The van der Waals surface area contributed by atoms with Crippen molar-refractivity contribution in [2.24, 2.45) is 0 Å². The molecule has 0 aliphatic heterocycles. The van der Waals surface area contributed by atoms with Gasteiger partial charge in [0.15, 0.2) is 0 Å². The molecule has 11 aromatic carbocycles. The zero-order valence-corrected chi connectivity index (χ0v) is 34.0. The predicted molar refractivity (Wildman–Crippen MR) is 288 cm³/mol. The molecule has 0 aliphatic rings. The number of para-hydroxylation sites is 1. The molecule has 1 heterocycles. The molecule has 0 N–H and O–H groups in total. The van der Waals surface area contributed by atoms with Crippen molar-refractivity contribution in [3.63, 3.8) is 0 Å². The largest absolute Gasteiger partial charge is 0.311 e. The molecule has 0 unspecified atom stereocenters. The van der Waals surface area contributed by atoms with Gasteiger partial charge in [-0.05, 0) is 139 Å². The molecule has 320 valence electrons. The molecule has 0 fully saturated rings. The summed E-state index contributed by atoms with van der Waals surface area (Å²) >= 11 is 0. The first kappa shape index (κ1) is 15.0. The maximum Gasteiger partial charge on any atom is 0.0651 e. The van der Waals surface area contributed by atoms with E-state index < -0.39 is 383 Å². The molecule has 0 saturated carbocycles. The van der Waals surface area contributed by atoms with Gasteiger partial charge in [-0.3, -0.25) is 0 Å². The van der Waals surface area contributed by atoms with Crippen LogP contribution in [0.1, 0.15) is 61.7 Å². The fraction of sp³-hybridized carbons (Fsp3) is 0. The van der Waals surface area contributed by atoms with Crippen molar-refractivity contribution >= 4 is 38.9 Å². The van der Waals surface area contributed by atoms with Gasteiger partial charge in [0, 0.05) is 33.5 Å². The maximum absolute atomic E-state index is 9.99. The fourth-order valence-electron chi connectivity index (χ4n) is 6.74. The van der Waals surface area contributed by atoms with Crippen molar-refractivity contribution in [3.8, 4) is 72.4 Å². The molecule has 1 aromatic heterocycles. The van der Waals surface area contributed by atoms with Crippen LogP contribution < -0.4 is 4.90 Å². The van der Waals surface area contributed by atoms with Gasteiger partial charge < -0.3 is 9.47 Å². The molecule has 0 bridgehead atoms. The number of hydrogen-bond acceptors (Lipinski definition) is 1. The summed E-state index contributed by atoms with van der Waals surface area (Å²) < 4.78 is 409. The molecular weight excluding hydrogens is 821 g/mol. The third-order valence-corrected chi connectivity index (χ3v) is 9.83. The monoisotopic (exact) mass is 912 g/mol. The van der Waals surface area contributed by atoms with Crippen LogP contribution in [0.5, 0.6) is 0 Å². The van der Waals surface area contributed by atoms with Crippen LogP contribution in [0.25, 0.3) is 94.3 Å². The summed E-state index contributed by atoms with van der Waals surface area (Å²) in [7, 11) is 0. The Bertz CT molecular complexity index is 6260. The quantitative estimate of drug-likeness (QED) is 0.133. The lowest BCUT2D eigenvalue weighted by molar-refractivity contribution is 1.18. The number of anilines is 3. The molecule has 2 nitrogen and oxygen atoms in total. The summed E-state index contributed by atoms with van der Waals surface area (Å²) in [6, 6.07) is -50.7. The topological polar surface area (TPSA) is 8.17 Å². The summed E-state index contributed by atoms with van der Waals surface area (Å²) in [5.41, 5.74) is -17.9. The predicted octanol–water partition coefficient (Wildman–Crippen LogP) is 18.3. The average molecular weight is 912 g/mol. The van der Waals surface area contributed by atoms with Gasteiger partial charge in [-0.1, -0.05) is 205 Å². The van der Waals surface area contributed by atoms with Gasteiger partial charge in [0.05, 0.1) is 72.7 Å². The van der Waals surface area contributed by atoms with Crippen molar-refractivity contribution in [3.05, 3.63) is 278 Å².